The topological polar surface area (TPSA) is 77.8 Å². The summed E-state index contributed by atoms with van der Waals surface area (Å²) < 4.78 is 10.3. The van der Waals surface area contributed by atoms with Crippen molar-refractivity contribution in [2.75, 3.05) is 26.2 Å². The van der Waals surface area contributed by atoms with E-state index >= 15 is 0 Å². The van der Waals surface area contributed by atoms with E-state index in [0.717, 1.165) is 0 Å². The van der Waals surface area contributed by atoms with Crippen LogP contribution in [0.25, 0.3) is 0 Å². The molecule has 0 aliphatic carbocycles. The number of nitrogens with zero attached hydrogens (tertiary/aromatic N) is 1. The minimum Gasteiger partial charge on any atom is -1.00 e. The Morgan fingerprint density at radius 2 is 0.833 bits per heavy atom. The number of unbranched alkanes of at least 4 members (excludes halogenated alkanes) is 4. The number of rotatable bonds is 12. The van der Waals surface area contributed by atoms with E-state index in [1.807, 2.05) is 0 Å². The van der Waals surface area contributed by atoms with Crippen LogP contribution in [0.1, 0.15) is 81.9 Å². The Bertz CT molecular complexity index is 256. The van der Waals surface area contributed by atoms with Crippen molar-refractivity contribution >= 4 is 7.82 Å². The number of hydrogen-bond donors (Lipinski definition) is 3. The van der Waals surface area contributed by atoms with E-state index in [0.29, 0.717) is 0 Å². The van der Waals surface area contributed by atoms with E-state index in [4.69, 9.17) is 19.2 Å². The van der Waals surface area contributed by atoms with Gasteiger partial charge in [-0.05, 0) is 25.7 Å². The third-order valence-electron chi connectivity index (χ3n) is 3.94. The quantitative estimate of drug-likeness (QED) is 0.212. The molecule has 0 rings (SSSR count). The molecule has 0 atom stereocenters. The molecule has 3 N–H and O–H groups in total. The van der Waals surface area contributed by atoms with Gasteiger partial charge in [-0.2, -0.15) is 0 Å². The minimum absolute atomic E-state index is 0. The number of phosphoric acid groups is 1. The normalized spacial score (nSPS) is 11.0. The van der Waals surface area contributed by atoms with Crippen LogP contribution in [0.15, 0.2) is 0 Å². The second-order valence-corrected chi connectivity index (χ2v) is 7.19. The predicted molar refractivity (Wildman–Crippen MR) is 95.8 cm³/mol. The summed E-state index contributed by atoms with van der Waals surface area (Å²) in [5.41, 5.74) is 0. The maximum absolute atomic E-state index is 8.88. The summed E-state index contributed by atoms with van der Waals surface area (Å²) in [5, 5.41) is 0. The third kappa shape index (κ3) is 26.3. The van der Waals surface area contributed by atoms with E-state index < -0.39 is 7.82 Å². The van der Waals surface area contributed by atoms with Gasteiger partial charge in [0.25, 0.3) is 0 Å². The maximum atomic E-state index is 8.88. The Morgan fingerprint density at radius 3 is 0.958 bits per heavy atom. The van der Waals surface area contributed by atoms with Crippen LogP contribution in [0.3, 0.4) is 0 Å². The summed E-state index contributed by atoms with van der Waals surface area (Å²) in [4.78, 5) is 21.6. The summed E-state index contributed by atoms with van der Waals surface area (Å²) in [5.74, 6) is 0. The van der Waals surface area contributed by atoms with Gasteiger partial charge in [-0.3, -0.25) is 0 Å². The van der Waals surface area contributed by atoms with Crippen LogP contribution in [0.5, 0.6) is 0 Å². The first-order valence-electron chi connectivity index (χ1n) is 8.88. The fourth-order valence-electron chi connectivity index (χ4n) is 2.64. The van der Waals surface area contributed by atoms with Gasteiger partial charge in [-0.25, -0.2) is 4.57 Å². The molecule has 0 bridgehead atoms. The van der Waals surface area contributed by atoms with Crippen molar-refractivity contribution < 1.29 is 85.7 Å². The summed E-state index contributed by atoms with van der Waals surface area (Å²) in [6.45, 7) is 15.0. The molecule has 0 fully saturated rings. The monoisotopic (exact) mass is 388 g/mol. The van der Waals surface area contributed by atoms with Crippen molar-refractivity contribution in [3.05, 3.63) is 0 Å². The van der Waals surface area contributed by atoms with E-state index in [1.165, 1.54) is 82.0 Å². The van der Waals surface area contributed by atoms with Crippen LogP contribution in [0.4, 0.5) is 0 Å². The van der Waals surface area contributed by atoms with Crippen molar-refractivity contribution in [1.29, 1.82) is 0 Å². The van der Waals surface area contributed by atoms with Gasteiger partial charge in [0, 0.05) is 0 Å². The second kappa shape index (κ2) is 21.4. The summed E-state index contributed by atoms with van der Waals surface area (Å²) in [6, 6.07) is 0. The SMILES string of the molecule is CCCC[N+](CCCC)(CCCC)CCCC.O=P(O)(O)O.[H-].[H-].[Na+].[Na+]. The Hall–Kier alpha value is 2.07. The fraction of sp³-hybridized carbons (Fsp3) is 1.00. The van der Waals surface area contributed by atoms with Crippen LogP contribution in [-0.2, 0) is 4.57 Å². The third-order valence-corrected chi connectivity index (χ3v) is 3.94. The van der Waals surface area contributed by atoms with Crippen LogP contribution < -0.4 is 59.1 Å². The molecule has 0 aromatic heterocycles. The van der Waals surface area contributed by atoms with Crippen molar-refractivity contribution in [1.82, 2.24) is 0 Å². The zero-order valence-corrected chi connectivity index (χ0v) is 22.0. The van der Waals surface area contributed by atoms with Gasteiger partial charge in [0.1, 0.15) is 0 Å². The number of quaternary nitrogens is 1. The Kier molecular flexibility index (Phi) is 30.0. The minimum atomic E-state index is -4.64. The van der Waals surface area contributed by atoms with E-state index in [-0.39, 0.29) is 62.0 Å². The molecule has 0 spiro atoms. The van der Waals surface area contributed by atoms with Crippen LogP contribution >= 0.6 is 7.82 Å². The fourth-order valence-corrected chi connectivity index (χ4v) is 2.64. The molecule has 0 aliphatic heterocycles. The van der Waals surface area contributed by atoms with Crippen molar-refractivity contribution in [2.24, 2.45) is 0 Å². The standard InChI is InChI=1S/C16H36N.2Na.H3O4P.2H/c1-5-9-13-17(14-10-6-2,15-11-7-3)16-12-8-4;;;1-5(2,3)4;;/h5-16H2,1-4H3;;;(H3,1,2,3,4);;/q3*+1;;2*-1. The zero-order chi connectivity index (χ0) is 17.5. The second-order valence-electron chi connectivity index (χ2n) is 6.16. The molecule has 0 saturated heterocycles. The van der Waals surface area contributed by atoms with Gasteiger partial charge in [-0.15, -0.1) is 0 Å². The van der Waals surface area contributed by atoms with Gasteiger partial charge >= 0.3 is 66.9 Å². The molecule has 24 heavy (non-hydrogen) atoms. The van der Waals surface area contributed by atoms with Crippen molar-refractivity contribution in [3.8, 4) is 0 Å². The molecule has 140 valence electrons. The predicted octanol–water partition coefficient (Wildman–Crippen LogP) is -1.69. The molecule has 0 saturated carbocycles. The van der Waals surface area contributed by atoms with Crippen LogP contribution in [0, 0.1) is 0 Å². The van der Waals surface area contributed by atoms with Gasteiger partial charge < -0.3 is 22.0 Å². The average molecular weight is 388 g/mol. The summed E-state index contributed by atoms with van der Waals surface area (Å²) in [6.07, 6.45) is 11.1. The Labute approximate surface area is 197 Å². The van der Waals surface area contributed by atoms with Gasteiger partial charge in [0.15, 0.2) is 0 Å². The Morgan fingerprint density at radius 1 is 0.667 bits per heavy atom. The molecular formula is C16H41NNa2O4P+. The molecule has 5 nitrogen and oxygen atoms in total. The molecule has 0 aromatic carbocycles. The first kappa shape index (κ1) is 33.6. The van der Waals surface area contributed by atoms with E-state index in [1.54, 1.807) is 0 Å². The van der Waals surface area contributed by atoms with Crippen molar-refractivity contribution in [3.63, 3.8) is 0 Å². The van der Waals surface area contributed by atoms with Gasteiger partial charge in [0.2, 0.25) is 0 Å². The average Bonchev–Trinajstić information content (AvgIpc) is 2.44. The molecule has 8 heteroatoms. The first-order valence-corrected chi connectivity index (χ1v) is 10.4. The molecule has 0 aliphatic rings. The van der Waals surface area contributed by atoms with Crippen LogP contribution in [0.2, 0.25) is 0 Å². The smallest absolute Gasteiger partial charge is 1.00 e. The number of hydrogen-bond acceptors (Lipinski definition) is 1. The molecule has 0 unspecified atom stereocenters. The summed E-state index contributed by atoms with van der Waals surface area (Å²) >= 11 is 0. The van der Waals surface area contributed by atoms with E-state index in [9.17, 15) is 0 Å². The largest absolute Gasteiger partial charge is 1.00 e. The Balaban J connectivity index is -0.0000000984. The molecular weight excluding hydrogens is 347 g/mol. The maximum Gasteiger partial charge on any atom is 1.00 e. The molecule has 0 amide bonds. The van der Waals surface area contributed by atoms with Crippen LogP contribution in [-0.4, -0.2) is 45.3 Å². The summed E-state index contributed by atoms with van der Waals surface area (Å²) in [7, 11) is -4.64. The first-order chi connectivity index (χ1) is 10.2. The molecule has 0 aromatic rings. The zero-order valence-electron chi connectivity index (χ0n) is 19.1. The molecule has 0 radical (unpaired) electrons. The van der Waals surface area contributed by atoms with Crippen molar-refractivity contribution in [2.45, 2.75) is 79.1 Å². The van der Waals surface area contributed by atoms with Gasteiger partial charge in [-0.1, -0.05) is 53.4 Å². The van der Waals surface area contributed by atoms with E-state index in [2.05, 4.69) is 27.7 Å². The molecule has 0 heterocycles. The van der Waals surface area contributed by atoms with Gasteiger partial charge in [0.05, 0.1) is 26.2 Å².